The van der Waals surface area contributed by atoms with Crippen molar-refractivity contribution in [3.8, 4) is 0 Å². The maximum absolute atomic E-state index is 13.7. The predicted molar refractivity (Wildman–Crippen MR) is 88.3 cm³/mol. The van der Waals surface area contributed by atoms with Crippen LogP contribution < -0.4 is 5.32 Å². The van der Waals surface area contributed by atoms with Gasteiger partial charge in [0, 0.05) is 24.4 Å². The smallest absolute Gasteiger partial charge is 0.149 e. The van der Waals surface area contributed by atoms with Gasteiger partial charge in [0.15, 0.2) is 0 Å². The Morgan fingerprint density at radius 2 is 1.70 bits per heavy atom. The van der Waals surface area contributed by atoms with Gasteiger partial charge in [-0.3, -0.25) is 0 Å². The lowest BCUT2D eigenvalue weighted by molar-refractivity contribution is 0.166. The lowest BCUT2D eigenvalue weighted by Crippen LogP contribution is -2.31. The second kappa shape index (κ2) is 7.68. The molecular formula is C17H20FNO3S. The van der Waals surface area contributed by atoms with E-state index in [0.29, 0.717) is 0 Å². The van der Waals surface area contributed by atoms with E-state index in [1.807, 2.05) is 30.3 Å². The Labute approximate surface area is 135 Å². The zero-order valence-electron chi connectivity index (χ0n) is 12.8. The van der Waals surface area contributed by atoms with Gasteiger partial charge in [0.25, 0.3) is 0 Å². The summed E-state index contributed by atoms with van der Waals surface area (Å²) < 4.78 is 36.9. The molecule has 0 aliphatic heterocycles. The van der Waals surface area contributed by atoms with Crippen LogP contribution in [0.2, 0.25) is 0 Å². The topological polar surface area (TPSA) is 66.4 Å². The van der Waals surface area contributed by atoms with Crippen LogP contribution in [0.15, 0.2) is 54.6 Å². The second-order valence-electron chi connectivity index (χ2n) is 5.50. The van der Waals surface area contributed by atoms with Crippen LogP contribution in [0.25, 0.3) is 0 Å². The molecule has 0 radical (unpaired) electrons. The molecule has 0 saturated carbocycles. The lowest BCUT2D eigenvalue weighted by Gasteiger charge is -2.21. The Morgan fingerprint density at radius 1 is 1.09 bits per heavy atom. The highest BCUT2D eigenvalue weighted by atomic mass is 32.2. The highest BCUT2D eigenvalue weighted by Crippen LogP contribution is 2.19. The Balaban J connectivity index is 2.11. The number of hydrogen-bond acceptors (Lipinski definition) is 4. The van der Waals surface area contributed by atoms with Gasteiger partial charge >= 0.3 is 0 Å². The van der Waals surface area contributed by atoms with Gasteiger partial charge in [0.05, 0.1) is 11.9 Å². The van der Waals surface area contributed by atoms with E-state index in [4.69, 9.17) is 0 Å². The number of sulfone groups is 1. The van der Waals surface area contributed by atoms with E-state index in [0.717, 1.165) is 11.8 Å². The highest BCUT2D eigenvalue weighted by molar-refractivity contribution is 7.90. The second-order valence-corrected chi connectivity index (χ2v) is 7.69. The average Bonchev–Trinajstić information content (AvgIpc) is 2.51. The Bertz CT molecular complexity index is 735. The number of benzene rings is 2. The summed E-state index contributed by atoms with van der Waals surface area (Å²) in [5.41, 5.74) is 0.991. The third-order valence-electron chi connectivity index (χ3n) is 3.49. The monoisotopic (exact) mass is 337 g/mol. The van der Waals surface area contributed by atoms with Crippen molar-refractivity contribution < 1.29 is 17.9 Å². The standard InChI is InChI=1S/C17H20FNO3S/c1-23(21,22)12-16(13-7-3-2-4-8-13)19-11-17(20)14-9-5-6-10-15(14)18/h2-10,16-17,19-20H,11-12H2,1H3. The summed E-state index contributed by atoms with van der Waals surface area (Å²) in [4.78, 5) is 0. The lowest BCUT2D eigenvalue weighted by atomic mass is 10.1. The minimum Gasteiger partial charge on any atom is -0.387 e. The first kappa shape index (κ1) is 17.6. The molecule has 0 amide bonds. The number of aliphatic hydroxyl groups excluding tert-OH is 1. The van der Waals surface area contributed by atoms with Crippen LogP contribution in [-0.2, 0) is 9.84 Å². The van der Waals surface area contributed by atoms with Crippen molar-refractivity contribution in [3.05, 3.63) is 71.5 Å². The minimum atomic E-state index is -3.21. The van der Waals surface area contributed by atoms with Crippen molar-refractivity contribution in [2.75, 3.05) is 18.6 Å². The van der Waals surface area contributed by atoms with Crippen LogP contribution in [0.3, 0.4) is 0 Å². The molecule has 124 valence electrons. The SMILES string of the molecule is CS(=O)(=O)CC(NCC(O)c1ccccc1F)c1ccccc1. The molecule has 23 heavy (non-hydrogen) atoms. The number of aliphatic hydroxyl groups is 1. The molecule has 2 aromatic carbocycles. The number of halogens is 1. The summed E-state index contributed by atoms with van der Waals surface area (Å²) >= 11 is 0. The molecule has 0 heterocycles. The normalized spacial score (nSPS) is 14.4. The zero-order chi connectivity index (χ0) is 16.9. The van der Waals surface area contributed by atoms with Gasteiger partial charge in [-0.2, -0.15) is 0 Å². The fourth-order valence-corrected chi connectivity index (χ4v) is 3.29. The highest BCUT2D eigenvalue weighted by Gasteiger charge is 2.19. The Hall–Kier alpha value is -1.76. The largest absolute Gasteiger partial charge is 0.387 e. The molecule has 2 N–H and O–H groups in total. The van der Waals surface area contributed by atoms with E-state index in [2.05, 4.69) is 5.32 Å². The van der Waals surface area contributed by atoms with E-state index in [1.54, 1.807) is 12.1 Å². The van der Waals surface area contributed by atoms with Gasteiger partial charge in [0.2, 0.25) is 0 Å². The molecule has 4 nitrogen and oxygen atoms in total. The van der Waals surface area contributed by atoms with Crippen LogP contribution >= 0.6 is 0 Å². The molecule has 0 spiro atoms. The molecule has 2 unspecified atom stereocenters. The number of hydrogen-bond donors (Lipinski definition) is 2. The van der Waals surface area contributed by atoms with Crippen molar-refractivity contribution in [1.29, 1.82) is 0 Å². The van der Waals surface area contributed by atoms with Crippen molar-refractivity contribution >= 4 is 9.84 Å². The summed E-state index contributed by atoms with van der Waals surface area (Å²) in [6.45, 7) is 0.0516. The summed E-state index contributed by atoms with van der Waals surface area (Å²) in [5.74, 6) is -0.581. The first-order valence-electron chi connectivity index (χ1n) is 7.25. The molecule has 2 aromatic rings. The minimum absolute atomic E-state index is 0.0516. The van der Waals surface area contributed by atoms with Crippen LogP contribution in [0.5, 0.6) is 0 Å². The average molecular weight is 337 g/mol. The maximum atomic E-state index is 13.7. The van der Waals surface area contributed by atoms with Crippen LogP contribution in [0, 0.1) is 5.82 Å². The zero-order valence-corrected chi connectivity index (χ0v) is 13.6. The number of rotatable bonds is 7. The van der Waals surface area contributed by atoms with E-state index >= 15 is 0 Å². The van der Waals surface area contributed by atoms with Crippen molar-refractivity contribution in [3.63, 3.8) is 0 Å². The quantitative estimate of drug-likeness (QED) is 0.813. The molecule has 0 bridgehead atoms. The van der Waals surface area contributed by atoms with Crippen LogP contribution in [-0.4, -0.2) is 32.1 Å². The fourth-order valence-electron chi connectivity index (χ4n) is 2.37. The first-order valence-corrected chi connectivity index (χ1v) is 9.31. The molecule has 0 fully saturated rings. The van der Waals surface area contributed by atoms with Gasteiger partial charge in [-0.25, -0.2) is 12.8 Å². The van der Waals surface area contributed by atoms with Crippen molar-refractivity contribution in [2.45, 2.75) is 12.1 Å². The molecule has 0 saturated heterocycles. The van der Waals surface area contributed by atoms with Gasteiger partial charge in [0.1, 0.15) is 15.7 Å². The van der Waals surface area contributed by atoms with Crippen LogP contribution in [0.1, 0.15) is 23.3 Å². The third-order valence-corrected chi connectivity index (χ3v) is 4.43. The van der Waals surface area contributed by atoms with Gasteiger partial charge < -0.3 is 10.4 Å². The first-order chi connectivity index (χ1) is 10.9. The van der Waals surface area contributed by atoms with Gasteiger partial charge in [-0.1, -0.05) is 48.5 Å². The van der Waals surface area contributed by atoms with E-state index in [-0.39, 0.29) is 17.9 Å². The summed E-state index contributed by atoms with van der Waals surface area (Å²) in [5, 5.41) is 13.2. The van der Waals surface area contributed by atoms with E-state index in [9.17, 15) is 17.9 Å². The molecular weight excluding hydrogens is 317 g/mol. The number of nitrogens with one attached hydrogen (secondary N) is 1. The maximum Gasteiger partial charge on any atom is 0.149 e. The Morgan fingerprint density at radius 3 is 2.30 bits per heavy atom. The molecule has 2 rings (SSSR count). The summed E-state index contributed by atoms with van der Waals surface area (Å²) in [7, 11) is -3.21. The summed E-state index contributed by atoms with van der Waals surface area (Å²) in [6, 6.07) is 14.6. The molecule has 0 aliphatic carbocycles. The molecule has 6 heteroatoms. The van der Waals surface area contributed by atoms with Gasteiger partial charge in [-0.05, 0) is 11.6 Å². The Kier molecular flexibility index (Phi) is 5.87. The molecule has 0 aromatic heterocycles. The van der Waals surface area contributed by atoms with Crippen LogP contribution in [0.4, 0.5) is 4.39 Å². The fraction of sp³-hybridized carbons (Fsp3) is 0.294. The third kappa shape index (κ3) is 5.42. The molecule has 0 aliphatic rings. The van der Waals surface area contributed by atoms with Crippen molar-refractivity contribution in [1.82, 2.24) is 5.32 Å². The van der Waals surface area contributed by atoms with Crippen molar-refractivity contribution in [2.24, 2.45) is 0 Å². The van der Waals surface area contributed by atoms with E-state index < -0.39 is 27.8 Å². The van der Waals surface area contributed by atoms with Gasteiger partial charge in [-0.15, -0.1) is 0 Å². The summed E-state index contributed by atoms with van der Waals surface area (Å²) in [6.07, 6.45) is 0.111. The predicted octanol–water partition coefficient (Wildman–Crippen LogP) is 2.23. The van der Waals surface area contributed by atoms with E-state index in [1.165, 1.54) is 12.1 Å². The molecule has 2 atom stereocenters.